The Morgan fingerprint density at radius 2 is 2.17 bits per heavy atom. The zero-order valence-corrected chi connectivity index (χ0v) is 10.8. The van der Waals surface area contributed by atoms with Crippen LogP contribution < -0.4 is 0 Å². The third kappa shape index (κ3) is 2.88. The average molecular weight is 246 g/mol. The van der Waals surface area contributed by atoms with E-state index in [0.717, 1.165) is 19.5 Å². The highest BCUT2D eigenvalue weighted by atomic mass is 19.1. The molecule has 0 saturated carbocycles. The van der Waals surface area contributed by atoms with E-state index in [-0.39, 0.29) is 0 Å². The predicted molar refractivity (Wildman–Crippen MR) is 69.6 cm³/mol. The summed E-state index contributed by atoms with van der Waals surface area (Å²) in [6.45, 7) is 3.99. The van der Waals surface area contributed by atoms with Crippen LogP contribution in [0.25, 0.3) is 0 Å². The van der Waals surface area contributed by atoms with Crippen LogP contribution in [0.3, 0.4) is 0 Å². The molecule has 1 aromatic carbocycles. The van der Waals surface area contributed by atoms with Gasteiger partial charge in [0.05, 0.1) is 6.07 Å². The van der Waals surface area contributed by atoms with Gasteiger partial charge in [0.15, 0.2) is 0 Å². The van der Waals surface area contributed by atoms with E-state index >= 15 is 0 Å². The second kappa shape index (κ2) is 5.49. The lowest BCUT2D eigenvalue weighted by Gasteiger charge is -2.41. The van der Waals surface area contributed by atoms with E-state index in [1.165, 1.54) is 5.56 Å². The van der Waals surface area contributed by atoms with Crippen molar-refractivity contribution < 1.29 is 4.39 Å². The van der Waals surface area contributed by atoms with Crippen LogP contribution in [0.2, 0.25) is 0 Å². The molecule has 1 fully saturated rings. The zero-order valence-electron chi connectivity index (χ0n) is 10.8. The number of hydrogen-bond donors (Lipinski definition) is 0. The molecule has 0 bridgehead atoms. The molecule has 1 aromatic rings. The lowest BCUT2D eigenvalue weighted by Crippen LogP contribution is -2.47. The molecule has 0 radical (unpaired) electrons. The minimum atomic E-state index is -0.908. The third-order valence-electron chi connectivity index (χ3n) is 3.91. The lowest BCUT2D eigenvalue weighted by atomic mass is 9.76. The number of benzene rings is 1. The van der Waals surface area contributed by atoms with Crippen molar-refractivity contribution in [2.75, 3.05) is 13.1 Å². The van der Waals surface area contributed by atoms with E-state index in [9.17, 15) is 4.39 Å². The summed E-state index contributed by atoms with van der Waals surface area (Å²) < 4.78 is 14.2. The average Bonchev–Trinajstić information content (AvgIpc) is 2.36. The van der Waals surface area contributed by atoms with Gasteiger partial charge < -0.3 is 0 Å². The van der Waals surface area contributed by atoms with Crippen molar-refractivity contribution in [2.24, 2.45) is 5.41 Å². The van der Waals surface area contributed by atoms with E-state index < -0.39 is 11.6 Å². The minimum Gasteiger partial charge on any atom is -0.296 e. The number of halogens is 1. The Morgan fingerprint density at radius 1 is 1.44 bits per heavy atom. The summed E-state index contributed by atoms with van der Waals surface area (Å²) in [4.78, 5) is 2.14. The van der Waals surface area contributed by atoms with Crippen LogP contribution in [0, 0.1) is 16.7 Å². The first-order chi connectivity index (χ1) is 8.64. The summed E-state index contributed by atoms with van der Waals surface area (Å²) in [5.41, 5.74) is 0.760. The predicted octanol–water partition coefficient (Wildman–Crippen LogP) is 3.15. The molecule has 0 unspecified atom stereocenters. The first-order valence-corrected chi connectivity index (χ1v) is 6.41. The van der Waals surface area contributed by atoms with Crippen molar-refractivity contribution in [3.8, 4) is 6.07 Å². The largest absolute Gasteiger partial charge is 0.296 e. The van der Waals surface area contributed by atoms with Crippen LogP contribution in [-0.4, -0.2) is 24.2 Å². The minimum absolute atomic E-state index is 0.313. The normalized spacial score (nSPS) is 28.8. The number of hydrogen-bond acceptors (Lipinski definition) is 2. The Balaban J connectivity index is 1.95. The van der Waals surface area contributed by atoms with Crippen LogP contribution in [-0.2, 0) is 6.54 Å². The molecule has 3 heteroatoms. The second-order valence-corrected chi connectivity index (χ2v) is 5.43. The molecule has 1 aliphatic heterocycles. The van der Waals surface area contributed by atoms with Crippen molar-refractivity contribution in [1.82, 2.24) is 4.90 Å². The standard InChI is InChI=1S/C15H19FN2/c1-15(7-9-17)8-10-18(12-14(15)16)11-13-5-3-2-4-6-13/h2-6,14H,7-8,10-12H2,1H3/t14-,15-/m1/s1. The number of nitrogens with zero attached hydrogens (tertiary/aromatic N) is 2. The maximum Gasteiger partial charge on any atom is 0.119 e. The molecule has 1 heterocycles. The molecule has 1 aliphatic rings. The fourth-order valence-corrected chi connectivity index (χ4v) is 2.47. The number of likely N-dealkylation sites (tertiary alicyclic amines) is 1. The van der Waals surface area contributed by atoms with E-state index in [1.54, 1.807) is 0 Å². The van der Waals surface area contributed by atoms with Gasteiger partial charge in [-0.1, -0.05) is 37.3 Å². The first kappa shape index (κ1) is 13.0. The monoisotopic (exact) mass is 246 g/mol. The van der Waals surface area contributed by atoms with Crippen molar-refractivity contribution in [3.05, 3.63) is 35.9 Å². The van der Waals surface area contributed by atoms with Gasteiger partial charge in [-0.05, 0) is 18.5 Å². The van der Waals surface area contributed by atoms with Gasteiger partial charge in [0, 0.05) is 24.9 Å². The third-order valence-corrected chi connectivity index (χ3v) is 3.91. The zero-order chi connectivity index (χ0) is 13.0. The van der Waals surface area contributed by atoms with Gasteiger partial charge in [-0.25, -0.2) is 4.39 Å². The van der Waals surface area contributed by atoms with E-state index in [2.05, 4.69) is 23.1 Å². The van der Waals surface area contributed by atoms with Crippen LogP contribution in [0.5, 0.6) is 0 Å². The van der Waals surface area contributed by atoms with Gasteiger partial charge in [0.25, 0.3) is 0 Å². The molecule has 0 aliphatic carbocycles. The Kier molecular flexibility index (Phi) is 3.98. The quantitative estimate of drug-likeness (QED) is 0.819. The highest BCUT2D eigenvalue weighted by Crippen LogP contribution is 2.36. The highest BCUT2D eigenvalue weighted by Gasteiger charge is 2.39. The summed E-state index contributed by atoms with van der Waals surface area (Å²) in [6.07, 6.45) is 0.164. The smallest absolute Gasteiger partial charge is 0.119 e. The number of alkyl halides is 1. The van der Waals surface area contributed by atoms with Crippen molar-refractivity contribution in [3.63, 3.8) is 0 Å². The molecule has 0 aromatic heterocycles. The molecule has 0 amide bonds. The summed E-state index contributed by atoms with van der Waals surface area (Å²) in [5.74, 6) is 0. The van der Waals surface area contributed by atoms with E-state index in [1.807, 2.05) is 25.1 Å². The van der Waals surface area contributed by atoms with Crippen LogP contribution in [0.15, 0.2) is 30.3 Å². The Morgan fingerprint density at radius 3 is 2.78 bits per heavy atom. The van der Waals surface area contributed by atoms with Crippen LogP contribution in [0.4, 0.5) is 4.39 Å². The van der Waals surface area contributed by atoms with Gasteiger partial charge >= 0.3 is 0 Å². The molecule has 0 N–H and O–H groups in total. The van der Waals surface area contributed by atoms with E-state index in [4.69, 9.17) is 5.26 Å². The Labute approximate surface area is 108 Å². The Hall–Kier alpha value is -1.40. The van der Waals surface area contributed by atoms with Gasteiger partial charge in [-0.15, -0.1) is 0 Å². The van der Waals surface area contributed by atoms with Gasteiger partial charge in [-0.3, -0.25) is 4.90 Å². The molecule has 18 heavy (non-hydrogen) atoms. The SMILES string of the molecule is C[C@@]1(CC#N)CCN(Cc2ccccc2)C[C@H]1F. The first-order valence-electron chi connectivity index (χ1n) is 6.41. The second-order valence-electron chi connectivity index (χ2n) is 5.43. The number of piperidine rings is 1. The van der Waals surface area contributed by atoms with Gasteiger partial charge in [0.1, 0.15) is 6.17 Å². The van der Waals surface area contributed by atoms with Crippen molar-refractivity contribution in [1.29, 1.82) is 5.26 Å². The topological polar surface area (TPSA) is 27.0 Å². The molecule has 0 spiro atoms. The molecule has 2 rings (SSSR count). The summed E-state index contributed by atoms with van der Waals surface area (Å²) in [7, 11) is 0. The van der Waals surface area contributed by atoms with Crippen molar-refractivity contribution >= 4 is 0 Å². The van der Waals surface area contributed by atoms with Crippen LogP contribution in [0.1, 0.15) is 25.3 Å². The van der Waals surface area contributed by atoms with Crippen LogP contribution >= 0.6 is 0 Å². The fourth-order valence-electron chi connectivity index (χ4n) is 2.47. The maximum absolute atomic E-state index is 14.2. The maximum atomic E-state index is 14.2. The lowest BCUT2D eigenvalue weighted by molar-refractivity contribution is 0.0186. The van der Waals surface area contributed by atoms with Gasteiger partial charge in [0.2, 0.25) is 0 Å². The molecule has 2 nitrogen and oxygen atoms in total. The molecule has 96 valence electrons. The summed E-state index contributed by atoms with van der Waals surface area (Å²) in [5, 5.41) is 8.77. The summed E-state index contributed by atoms with van der Waals surface area (Å²) >= 11 is 0. The molecular weight excluding hydrogens is 227 g/mol. The molecular formula is C15H19FN2. The number of nitriles is 1. The van der Waals surface area contributed by atoms with E-state index in [0.29, 0.717) is 13.0 Å². The fraction of sp³-hybridized carbons (Fsp3) is 0.533. The summed E-state index contributed by atoms with van der Waals surface area (Å²) in [6, 6.07) is 12.2. The Bertz CT molecular complexity index is 426. The molecule has 2 atom stereocenters. The van der Waals surface area contributed by atoms with Crippen molar-refractivity contribution in [2.45, 2.75) is 32.5 Å². The van der Waals surface area contributed by atoms with Gasteiger partial charge in [-0.2, -0.15) is 5.26 Å². The highest BCUT2D eigenvalue weighted by molar-refractivity contribution is 5.14. The number of rotatable bonds is 3. The molecule has 1 saturated heterocycles.